The van der Waals surface area contributed by atoms with Crippen LogP contribution in [0.5, 0.6) is 0 Å². The van der Waals surface area contributed by atoms with Gasteiger partial charge in [0.25, 0.3) is 0 Å². The molecule has 5 heteroatoms. The highest BCUT2D eigenvalue weighted by Gasteiger charge is 2.10. The molecule has 0 aliphatic rings. The first-order chi connectivity index (χ1) is 7.76. The SMILES string of the molecule is COC(=O)CN(CCO)Cc1cccnc1. The first-order valence-electron chi connectivity index (χ1n) is 5.05. The van der Waals surface area contributed by atoms with Crippen LogP contribution in [0.4, 0.5) is 0 Å². The number of nitrogens with zero attached hydrogens (tertiary/aromatic N) is 2. The molecule has 0 unspecified atom stereocenters. The number of rotatable bonds is 6. The Hall–Kier alpha value is -1.46. The second kappa shape index (κ2) is 6.92. The molecule has 1 aromatic rings. The summed E-state index contributed by atoms with van der Waals surface area (Å²) >= 11 is 0. The largest absolute Gasteiger partial charge is 0.468 e. The standard InChI is InChI=1S/C11H16N2O3/c1-16-11(15)9-13(5-6-14)8-10-3-2-4-12-7-10/h2-4,7,14H,5-6,8-9H2,1H3. The van der Waals surface area contributed by atoms with Gasteiger partial charge in [0.15, 0.2) is 0 Å². The van der Waals surface area contributed by atoms with Gasteiger partial charge >= 0.3 is 5.97 Å². The quantitative estimate of drug-likeness (QED) is 0.692. The molecule has 5 nitrogen and oxygen atoms in total. The molecule has 0 bridgehead atoms. The molecule has 1 aromatic heterocycles. The minimum Gasteiger partial charge on any atom is -0.468 e. The zero-order valence-corrected chi connectivity index (χ0v) is 9.30. The summed E-state index contributed by atoms with van der Waals surface area (Å²) in [7, 11) is 1.35. The van der Waals surface area contributed by atoms with Crippen molar-refractivity contribution in [1.82, 2.24) is 9.88 Å². The van der Waals surface area contributed by atoms with E-state index >= 15 is 0 Å². The van der Waals surface area contributed by atoms with Crippen molar-refractivity contribution in [3.63, 3.8) is 0 Å². The van der Waals surface area contributed by atoms with Crippen molar-refractivity contribution >= 4 is 5.97 Å². The van der Waals surface area contributed by atoms with Gasteiger partial charge in [0.2, 0.25) is 0 Å². The number of ether oxygens (including phenoxy) is 1. The summed E-state index contributed by atoms with van der Waals surface area (Å²) in [6.45, 7) is 1.19. The van der Waals surface area contributed by atoms with E-state index in [1.165, 1.54) is 7.11 Å². The zero-order chi connectivity index (χ0) is 11.8. The van der Waals surface area contributed by atoms with Crippen molar-refractivity contribution in [1.29, 1.82) is 0 Å². The van der Waals surface area contributed by atoms with Gasteiger partial charge in [-0.25, -0.2) is 0 Å². The van der Waals surface area contributed by atoms with Crippen molar-refractivity contribution in [3.05, 3.63) is 30.1 Å². The topological polar surface area (TPSA) is 62.7 Å². The van der Waals surface area contributed by atoms with Crippen LogP contribution in [-0.2, 0) is 16.1 Å². The van der Waals surface area contributed by atoms with Gasteiger partial charge in [0, 0.05) is 25.5 Å². The van der Waals surface area contributed by atoms with Gasteiger partial charge in [-0.3, -0.25) is 14.7 Å². The number of carbonyl (C=O) groups excluding carboxylic acids is 1. The van der Waals surface area contributed by atoms with Gasteiger partial charge in [0.05, 0.1) is 20.3 Å². The minimum absolute atomic E-state index is 0.0112. The molecule has 16 heavy (non-hydrogen) atoms. The van der Waals surface area contributed by atoms with E-state index < -0.39 is 0 Å². The average Bonchev–Trinajstić information content (AvgIpc) is 2.30. The molecule has 0 amide bonds. The number of aliphatic hydroxyl groups is 1. The predicted molar refractivity (Wildman–Crippen MR) is 58.6 cm³/mol. The average molecular weight is 224 g/mol. The summed E-state index contributed by atoms with van der Waals surface area (Å²) in [4.78, 5) is 16.9. The van der Waals surface area contributed by atoms with Crippen LogP contribution in [0.1, 0.15) is 5.56 Å². The molecule has 1 rings (SSSR count). The summed E-state index contributed by atoms with van der Waals surface area (Å²) < 4.78 is 4.59. The van der Waals surface area contributed by atoms with Crippen LogP contribution >= 0.6 is 0 Å². The summed E-state index contributed by atoms with van der Waals surface area (Å²) in [6, 6.07) is 3.76. The van der Waals surface area contributed by atoms with Gasteiger partial charge in [-0.15, -0.1) is 0 Å². The molecule has 0 atom stereocenters. The van der Waals surface area contributed by atoms with E-state index in [-0.39, 0.29) is 19.1 Å². The highest BCUT2D eigenvalue weighted by molar-refractivity contribution is 5.71. The molecular weight excluding hydrogens is 208 g/mol. The fraction of sp³-hybridized carbons (Fsp3) is 0.455. The molecule has 0 spiro atoms. The predicted octanol–water partition coefficient (Wildman–Crippen LogP) is 0.0489. The van der Waals surface area contributed by atoms with Crippen molar-refractivity contribution in [3.8, 4) is 0 Å². The van der Waals surface area contributed by atoms with E-state index in [0.29, 0.717) is 13.1 Å². The van der Waals surface area contributed by atoms with E-state index in [0.717, 1.165) is 5.56 Å². The Morgan fingerprint density at radius 3 is 3.00 bits per heavy atom. The van der Waals surface area contributed by atoms with Crippen molar-refractivity contribution in [2.45, 2.75) is 6.54 Å². The second-order valence-corrected chi connectivity index (χ2v) is 3.37. The van der Waals surface area contributed by atoms with Crippen LogP contribution in [0.3, 0.4) is 0 Å². The first kappa shape index (κ1) is 12.6. The highest BCUT2D eigenvalue weighted by Crippen LogP contribution is 2.02. The minimum atomic E-state index is -0.308. The number of carbonyl (C=O) groups is 1. The van der Waals surface area contributed by atoms with Crippen LogP contribution < -0.4 is 0 Å². The number of methoxy groups -OCH3 is 1. The summed E-state index contributed by atoms with van der Waals surface area (Å²) in [5.41, 5.74) is 1.000. The smallest absolute Gasteiger partial charge is 0.319 e. The maximum Gasteiger partial charge on any atom is 0.319 e. The summed E-state index contributed by atoms with van der Waals surface area (Å²) in [6.07, 6.45) is 3.43. The molecular formula is C11H16N2O3. The van der Waals surface area contributed by atoms with E-state index in [4.69, 9.17) is 5.11 Å². The third-order valence-electron chi connectivity index (χ3n) is 2.13. The lowest BCUT2D eigenvalue weighted by Crippen LogP contribution is -2.32. The van der Waals surface area contributed by atoms with Gasteiger partial charge in [0.1, 0.15) is 0 Å². The third kappa shape index (κ3) is 4.37. The van der Waals surface area contributed by atoms with Gasteiger partial charge in [-0.1, -0.05) is 6.07 Å². The molecule has 1 N–H and O–H groups in total. The zero-order valence-electron chi connectivity index (χ0n) is 9.30. The molecule has 0 radical (unpaired) electrons. The van der Waals surface area contributed by atoms with Crippen LogP contribution in [0, 0.1) is 0 Å². The van der Waals surface area contributed by atoms with E-state index in [1.807, 2.05) is 17.0 Å². The molecule has 0 aliphatic heterocycles. The Balaban J connectivity index is 2.54. The van der Waals surface area contributed by atoms with Gasteiger partial charge < -0.3 is 9.84 Å². The number of pyridine rings is 1. The Morgan fingerprint density at radius 2 is 2.44 bits per heavy atom. The fourth-order valence-corrected chi connectivity index (χ4v) is 1.35. The van der Waals surface area contributed by atoms with Gasteiger partial charge in [-0.05, 0) is 11.6 Å². The maximum absolute atomic E-state index is 11.1. The van der Waals surface area contributed by atoms with Crippen LogP contribution in [0.2, 0.25) is 0 Å². The Labute approximate surface area is 94.7 Å². The normalized spacial score (nSPS) is 10.4. The fourth-order valence-electron chi connectivity index (χ4n) is 1.35. The van der Waals surface area contributed by atoms with Crippen molar-refractivity contribution in [2.75, 3.05) is 26.8 Å². The lowest BCUT2D eigenvalue weighted by Gasteiger charge is -2.19. The van der Waals surface area contributed by atoms with Crippen molar-refractivity contribution in [2.24, 2.45) is 0 Å². The lowest BCUT2D eigenvalue weighted by atomic mass is 10.2. The first-order valence-corrected chi connectivity index (χ1v) is 5.05. The number of esters is 1. The number of hydrogen-bond donors (Lipinski definition) is 1. The third-order valence-corrected chi connectivity index (χ3v) is 2.13. The molecule has 0 aromatic carbocycles. The maximum atomic E-state index is 11.1. The summed E-state index contributed by atoms with van der Waals surface area (Å²) in [5, 5.41) is 8.89. The Bertz CT molecular complexity index is 316. The van der Waals surface area contributed by atoms with Crippen LogP contribution in [0.25, 0.3) is 0 Å². The molecule has 0 fully saturated rings. The lowest BCUT2D eigenvalue weighted by molar-refractivity contribution is -0.142. The molecule has 88 valence electrons. The van der Waals surface area contributed by atoms with Crippen LogP contribution in [0.15, 0.2) is 24.5 Å². The molecule has 0 aliphatic carbocycles. The van der Waals surface area contributed by atoms with E-state index in [1.54, 1.807) is 12.4 Å². The number of hydrogen-bond acceptors (Lipinski definition) is 5. The van der Waals surface area contributed by atoms with E-state index in [2.05, 4.69) is 9.72 Å². The van der Waals surface area contributed by atoms with Crippen molar-refractivity contribution < 1.29 is 14.6 Å². The summed E-state index contributed by atoms with van der Waals surface area (Å²) in [5.74, 6) is -0.308. The second-order valence-electron chi connectivity index (χ2n) is 3.37. The van der Waals surface area contributed by atoms with Crippen LogP contribution in [-0.4, -0.2) is 47.8 Å². The number of aliphatic hydroxyl groups excluding tert-OH is 1. The monoisotopic (exact) mass is 224 g/mol. The Kier molecular flexibility index (Phi) is 5.45. The van der Waals surface area contributed by atoms with E-state index in [9.17, 15) is 4.79 Å². The molecule has 0 saturated carbocycles. The number of aromatic nitrogens is 1. The van der Waals surface area contributed by atoms with Gasteiger partial charge in [-0.2, -0.15) is 0 Å². The highest BCUT2D eigenvalue weighted by atomic mass is 16.5. The Morgan fingerprint density at radius 1 is 1.62 bits per heavy atom. The molecule has 1 heterocycles. The molecule has 0 saturated heterocycles.